The molecule has 7 heteroatoms. The summed E-state index contributed by atoms with van der Waals surface area (Å²) in [6.07, 6.45) is 1.16. The summed E-state index contributed by atoms with van der Waals surface area (Å²) in [5.41, 5.74) is 2.98. The molecule has 0 aromatic heterocycles. The minimum Gasteiger partial charge on any atom is -0.482 e. The number of nitrogens with zero attached hydrogens (tertiary/aromatic N) is 1. The summed E-state index contributed by atoms with van der Waals surface area (Å²) < 4.78 is 10.5. The number of esters is 1. The van der Waals surface area contributed by atoms with Crippen LogP contribution in [-0.4, -0.2) is 49.0 Å². The molecule has 1 fully saturated rings. The van der Waals surface area contributed by atoms with Crippen LogP contribution < -0.4 is 10.1 Å². The first kappa shape index (κ1) is 22.3. The summed E-state index contributed by atoms with van der Waals surface area (Å²) in [6.45, 7) is 4.31. The minimum atomic E-state index is -0.594. The number of anilines is 1. The molecule has 7 nitrogen and oxygen atoms in total. The second-order valence-corrected chi connectivity index (χ2v) is 7.71. The van der Waals surface area contributed by atoms with E-state index in [0.29, 0.717) is 31.7 Å². The zero-order chi connectivity index (χ0) is 22.2. The third-order valence-corrected chi connectivity index (χ3v) is 5.45. The maximum Gasteiger partial charge on any atom is 0.344 e. The number of piperidine rings is 1. The van der Waals surface area contributed by atoms with Gasteiger partial charge in [-0.1, -0.05) is 24.3 Å². The summed E-state index contributed by atoms with van der Waals surface area (Å²) >= 11 is 0. The number of nitrogens with one attached hydrogen (secondary N) is 1. The molecule has 0 bridgehead atoms. The van der Waals surface area contributed by atoms with Crippen LogP contribution in [0.3, 0.4) is 0 Å². The van der Waals surface area contributed by atoms with Crippen molar-refractivity contribution in [3.8, 4) is 5.75 Å². The molecule has 2 aromatic rings. The number of carbonyl (C=O) groups excluding carboxylic acids is 3. The molecule has 0 spiro atoms. The summed E-state index contributed by atoms with van der Waals surface area (Å²) in [4.78, 5) is 38.3. The van der Waals surface area contributed by atoms with Crippen LogP contribution in [-0.2, 0) is 19.1 Å². The van der Waals surface area contributed by atoms with Gasteiger partial charge in [-0.15, -0.1) is 0 Å². The Morgan fingerprint density at radius 1 is 0.968 bits per heavy atom. The van der Waals surface area contributed by atoms with Crippen LogP contribution >= 0.6 is 0 Å². The fourth-order valence-corrected chi connectivity index (χ4v) is 3.38. The number of rotatable bonds is 7. The number of carbonyl (C=O) groups is 3. The number of amides is 2. The summed E-state index contributed by atoms with van der Waals surface area (Å²) in [5, 5.41) is 2.90. The molecule has 1 aliphatic heterocycles. The lowest BCUT2D eigenvalue weighted by Gasteiger charge is -2.31. The summed E-state index contributed by atoms with van der Waals surface area (Å²) in [6, 6.07) is 14.9. The Morgan fingerprint density at radius 2 is 1.68 bits per heavy atom. The number of hydrogen-bond donors (Lipinski definition) is 1. The van der Waals surface area contributed by atoms with Crippen molar-refractivity contribution < 1.29 is 23.9 Å². The number of benzene rings is 2. The van der Waals surface area contributed by atoms with Crippen molar-refractivity contribution in [2.75, 3.05) is 31.6 Å². The van der Waals surface area contributed by atoms with E-state index in [1.807, 2.05) is 56.3 Å². The predicted octanol–water partition coefficient (Wildman–Crippen LogP) is 3.10. The molecule has 31 heavy (non-hydrogen) atoms. The van der Waals surface area contributed by atoms with Crippen LogP contribution in [0.15, 0.2) is 48.5 Å². The molecule has 0 aliphatic carbocycles. The Kier molecular flexibility index (Phi) is 7.65. The Labute approximate surface area is 182 Å². The van der Waals surface area contributed by atoms with Crippen LogP contribution in [0.1, 0.15) is 24.0 Å². The molecular formula is C24H28N2O5. The lowest BCUT2D eigenvalue weighted by atomic mass is 9.95. The van der Waals surface area contributed by atoms with Gasteiger partial charge in [-0.05, 0) is 62.1 Å². The first-order valence-electron chi connectivity index (χ1n) is 10.4. The molecule has 3 rings (SSSR count). The Hall–Kier alpha value is -3.35. The van der Waals surface area contributed by atoms with Crippen molar-refractivity contribution in [1.82, 2.24) is 4.90 Å². The minimum absolute atomic E-state index is 0.0341. The van der Waals surface area contributed by atoms with Crippen LogP contribution in [0.25, 0.3) is 0 Å². The summed E-state index contributed by atoms with van der Waals surface area (Å²) in [5.74, 6) is -0.446. The van der Waals surface area contributed by atoms with E-state index in [2.05, 4.69) is 5.32 Å². The van der Waals surface area contributed by atoms with Crippen LogP contribution in [0.5, 0.6) is 5.75 Å². The Morgan fingerprint density at radius 3 is 2.35 bits per heavy atom. The molecule has 0 atom stereocenters. The topological polar surface area (TPSA) is 84.9 Å². The largest absolute Gasteiger partial charge is 0.482 e. The van der Waals surface area contributed by atoms with Crippen LogP contribution in [0.4, 0.5) is 5.69 Å². The van der Waals surface area contributed by atoms with Gasteiger partial charge in [0, 0.05) is 24.7 Å². The molecular weight excluding hydrogens is 396 g/mol. The number of aryl methyl sites for hydroxylation is 2. The molecule has 2 aromatic carbocycles. The first-order valence-corrected chi connectivity index (χ1v) is 10.4. The van der Waals surface area contributed by atoms with Crippen molar-refractivity contribution in [1.29, 1.82) is 0 Å². The first-order chi connectivity index (χ1) is 14.9. The van der Waals surface area contributed by atoms with Gasteiger partial charge in [0.25, 0.3) is 5.91 Å². The highest BCUT2D eigenvalue weighted by molar-refractivity contribution is 5.92. The highest BCUT2D eigenvalue weighted by atomic mass is 16.6. The second kappa shape index (κ2) is 10.6. The monoisotopic (exact) mass is 424 g/mol. The SMILES string of the molecule is Cc1ccc(OCC(=O)OCC(=O)N2CCC(C(=O)Nc3ccccc3)CC2)cc1C. The van der Waals surface area contributed by atoms with E-state index in [0.717, 1.165) is 16.8 Å². The highest BCUT2D eigenvalue weighted by Crippen LogP contribution is 2.20. The number of likely N-dealkylation sites (tertiary alicyclic amines) is 1. The van der Waals surface area contributed by atoms with Gasteiger partial charge in [0.05, 0.1) is 0 Å². The fraction of sp³-hybridized carbons (Fsp3) is 0.375. The fourth-order valence-electron chi connectivity index (χ4n) is 3.38. The number of ether oxygens (including phenoxy) is 2. The summed E-state index contributed by atoms with van der Waals surface area (Å²) in [7, 11) is 0. The van der Waals surface area contributed by atoms with E-state index in [9.17, 15) is 14.4 Å². The van der Waals surface area contributed by atoms with Gasteiger partial charge in [0.1, 0.15) is 5.75 Å². The Bertz CT molecular complexity index is 921. The van der Waals surface area contributed by atoms with Gasteiger partial charge in [-0.3, -0.25) is 9.59 Å². The van der Waals surface area contributed by atoms with Gasteiger partial charge in [0.15, 0.2) is 13.2 Å². The molecule has 0 radical (unpaired) electrons. The van der Waals surface area contributed by atoms with Crippen molar-refractivity contribution in [3.05, 3.63) is 59.7 Å². The van der Waals surface area contributed by atoms with Crippen molar-refractivity contribution in [3.63, 3.8) is 0 Å². The van der Waals surface area contributed by atoms with E-state index < -0.39 is 5.97 Å². The van der Waals surface area contributed by atoms with Crippen LogP contribution in [0, 0.1) is 19.8 Å². The maximum absolute atomic E-state index is 12.4. The van der Waals surface area contributed by atoms with Gasteiger partial charge >= 0.3 is 5.97 Å². The van der Waals surface area contributed by atoms with E-state index in [4.69, 9.17) is 9.47 Å². The lowest BCUT2D eigenvalue weighted by Crippen LogP contribution is -2.43. The molecule has 1 saturated heterocycles. The van der Waals surface area contributed by atoms with Gasteiger partial charge in [-0.2, -0.15) is 0 Å². The van der Waals surface area contributed by atoms with E-state index in [-0.39, 0.29) is 30.9 Å². The quantitative estimate of drug-likeness (QED) is 0.691. The van der Waals surface area contributed by atoms with E-state index in [1.165, 1.54) is 0 Å². The third-order valence-electron chi connectivity index (χ3n) is 5.45. The standard InChI is InChI=1S/C24H28N2O5/c1-17-8-9-21(14-18(17)2)30-16-23(28)31-15-22(27)26-12-10-19(11-13-26)24(29)25-20-6-4-3-5-7-20/h3-9,14,19H,10-13,15-16H2,1-2H3,(H,25,29). The molecule has 1 heterocycles. The van der Waals surface area contributed by atoms with Gasteiger partial charge in [0.2, 0.25) is 5.91 Å². The smallest absolute Gasteiger partial charge is 0.344 e. The van der Waals surface area contributed by atoms with Crippen molar-refractivity contribution in [2.24, 2.45) is 5.92 Å². The third kappa shape index (κ3) is 6.57. The number of hydrogen-bond acceptors (Lipinski definition) is 5. The molecule has 0 saturated carbocycles. The van der Waals surface area contributed by atoms with Crippen molar-refractivity contribution >= 4 is 23.5 Å². The van der Waals surface area contributed by atoms with Crippen molar-refractivity contribution in [2.45, 2.75) is 26.7 Å². The maximum atomic E-state index is 12.4. The average Bonchev–Trinajstić information content (AvgIpc) is 2.79. The molecule has 2 amide bonds. The normalized spacial score (nSPS) is 14.1. The Balaban J connectivity index is 1.36. The number of para-hydroxylation sites is 1. The molecule has 1 aliphatic rings. The van der Waals surface area contributed by atoms with E-state index in [1.54, 1.807) is 11.0 Å². The van der Waals surface area contributed by atoms with E-state index >= 15 is 0 Å². The highest BCUT2D eigenvalue weighted by Gasteiger charge is 2.27. The second-order valence-electron chi connectivity index (χ2n) is 7.71. The van der Waals surface area contributed by atoms with Crippen LogP contribution in [0.2, 0.25) is 0 Å². The molecule has 0 unspecified atom stereocenters. The average molecular weight is 424 g/mol. The zero-order valence-electron chi connectivity index (χ0n) is 17.9. The van der Waals surface area contributed by atoms with Gasteiger partial charge in [-0.25, -0.2) is 4.79 Å². The molecule has 1 N–H and O–H groups in total. The lowest BCUT2D eigenvalue weighted by molar-refractivity contribution is -0.154. The zero-order valence-corrected chi connectivity index (χ0v) is 17.9. The molecule has 164 valence electrons. The predicted molar refractivity (Wildman–Crippen MR) is 117 cm³/mol. The van der Waals surface area contributed by atoms with Gasteiger partial charge < -0.3 is 19.7 Å².